The molecule has 1 aromatic carbocycles. The maximum atomic E-state index is 11.5. The summed E-state index contributed by atoms with van der Waals surface area (Å²) in [6.07, 6.45) is 8.20. The number of hydrogen-bond acceptors (Lipinski definition) is 6. The number of hydrogen-bond donors (Lipinski definition) is 1. The second-order valence-electron chi connectivity index (χ2n) is 9.19. The minimum atomic E-state index is -0.558. The Balaban J connectivity index is 1.31. The number of nitroso groups, excluding NO2 is 1. The molecular formula is C26H27ClN4O4. The zero-order chi connectivity index (χ0) is 24.4. The molecule has 2 aliphatic rings. The number of allylic oxidation sites excluding steroid dienone is 2. The van der Waals surface area contributed by atoms with Gasteiger partial charge in [-0.05, 0) is 62.1 Å². The highest BCUT2D eigenvalue weighted by Crippen LogP contribution is 2.34. The van der Waals surface area contributed by atoms with Gasteiger partial charge in [0.25, 0.3) is 11.9 Å². The van der Waals surface area contributed by atoms with Crippen LogP contribution in [0.25, 0.3) is 28.0 Å². The van der Waals surface area contributed by atoms with Crippen LogP contribution < -0.4 is 4.74 Å². The van der Waals surface area contributed by atoms with Gasteiger partial charge < -0.3 is 14.5 Å². The summed E-state index contributed by atoms with van der Waals surface area (Å²) in [6, 6.07) is 10.3. The number of methoxy groups -OCH3 is 1. The Hall–Kier alpha value is -3.10. The summed E-state index contributed by atoms with van der Waals surface area (Å²) in [6.45, 7) is 0. The van der Waals surface area contributed by atoms with Crippen molar-refractivity contribution in [2.24, 2.45) is 11.1 Å². The molecule has 1 atom stereocenters. The van der Waals surface area contributed by atoms with Crippen molar-refractivity contribution in [3.8, 4) is 17.3 Å². The van der Waals surface area contributed by atoms with Crippen molar-refractivity contribution in [1.82, 2.24) is 15.0 Å². The average molecular weight is 495 g/mol. The molecule has 2 aromatic heterocycles. The summed E-state index contributed by atoms with van der Waals surface area (Å²) in [5.74, 6) is -0.856. The number of carbonyl (C=O) groups excluding carboxylic acids is 1. The molecule has 1 fully saturated rings. The van der Waals surface area contributed by atoms with Gasteiger partial charge in [0.1, 0.15) is 6.10 Å². The van der Waals surface area contributed by atoms with Crippen LogP contribution in [-0.4, -0.2) is 40.2 Å². The van der Waals surface area contributed by atoms with Gasteiger partial charge in [-0.1, -0.05) is 41.9 Å². The molecule has 182 valence electrons. The summed E-state index contributed by atoms with van der Waals surface area (Å²) in [4.78, 5) is 34.4. The number of carbonyl (C=O) groups is 1. The minimum absolute atomic E-state index is 0.113. The molecule has 0 aliphatic heterocycles. The Labute approximate surface area is 208 Å². The van der Waals surface area contributed by atoms with E-state index in [1.165, 1.54) is 0 Å². The van der Waals surface area contributed by atoms with Gasteiger partial charge in [-0.2, -0.15) is 4.98 Å². The third-order valence-corrected chi connectivity index (χ3v) is 7.31. The number of nitrogens with zero attached hydrogens (tertiary/aromatic N) is 3. The second kappa shape index (κ2) is 10.3. The summed E-state index contributed by atoms with van der Waals surface area (Å²) < 4.78 is 11.5. The Kier molecular flexibility index (Phi) is 6.92. The number of amides is 1. The molecule has 9 heteroatoms. The van der Waals surface area contributed by atoms with Gasteiger partial charge in [-0.15, -0.1) is 4.91 Å². The van der Waals surface area contributed by atoms with Crippen LogP contribution in [0.1, 0.15) is 50.5 Å². The van der Waals surface area contributed by atoms with E-state index in [4.69, 9.17) is 26.1 Å². The highest BCUT2D eigenvalue weighted by atomic mass is 35.5. The van der Waals surface area contributed by atoms with Gasteiger partial charge in [-0.3, -0.25) is 4.79 Å². The summed E-state index contributed by atoms with van der Waals surface area (Å²) in [7, 11) is 1.76. The standard InChI is InChI=1S/C26H27ClN4O4/c1-34-19-10-12-20(13-11-19)35-26-28-22-14-21(27)23(29-24(22)30-26)17-6-2-15(3-7-17)16-4-8-18(9-5-16)25(32)31-33/h2-4,6-7,14,18-20H,5,8-13H2,1H3,(H,28,29,30). The van der Waals surface area contributed by atoms with Crippen molar-refractivity contribution >= 4 is 34.2 Å². The largest absolute Gasteiger partial charge is 0.461 e. The van der Waals surface area contributed by atoms with E-state index in [0.717, 1.165) is 54.3 Å². The SMILES string of the molecule is COC1CCC(Oc2nc3nc(-c4ccc(C5=CCC(C(=O)N=O)CC5)cc4)c(Cl)cc3[nH]2)CC1. The van der Waals surface area contributed by atoms with E-state index in [9.17, 15) is 9.70 Å². The molecular weight excluding hydrogens is 468 g/mol. The Morgan fingerprint density at radius 2 is 1.77 bits per heavy atom. The van der Waals surface area contributed by atoms with E-state index >= 15 is 0 Å². The summed E-state index contributed by atoms with van der Waals surface area (Å²) >= 11 is 6.58. The first kappa shape index (κ1) is 23.6. The van der Waals surface area contributed by atoms with Gasteiger partial charge in [0.15, 0.2) is 5.65 Å². The molecule has 1 unspecified atom stereocenters. The fourth-order valence-corrected chi connectivity index (χ4v) is 5.20. The molecule has 0 spiro atoms. The molecule has 0 bridgehead atoms. The fourth-order valence-electron chi connectivity index (χ4n) is 4.93. The molecule has 5 rings (SSSR count). The topological polar surface area (TPSA) is 107 Å². The van der Waals surface area contributed by atoms with Gasteiger partial charge in [-0.25, -0.2) is 4.98 Å². The summed E-state index contributed by atoms with van der Waals surface area (Å²) in [5.41, 5.74) is 5.08. The molecule has 8 nitrogen and oxygen atoms in total. The fraction of sp³-hybridized carbons (Fsp3) is 0.423. The minimum Gasteiger partial charge on any atom is -0.461 e. The smallest absolute Gasteiger partial charge is 0.296 e. The lowest BCUT2D eigenvalue weighted by Crippen LogP contribution is -2.27. The third-order valence-electron chi connectivity index (χ3n) is 7.02. The molecule has 1 N–H and O–H groups in total. The number of nitrogens with one attached hydrogen (secondary N) is 1. The third kappa shape index (κ3) is 5.13. The quantitative estimate of drug-likeness (QED) is 0.415. The van der Waals surface area contributed by atoms with Gasteiger partial charge in [0, 0.05) is 23.8 Å². The van der Waals surface area contributed by atoms with E-state index in [1.54, 1.807) is 7.11 Å². The number of rotatable bonds is 6. The molecule has 1 amide bonds. The highest BCUT2D eigenvalue weighted by molar-refractivity contribution is 6.33. The number of pyridine rings is 1. The normalized spacial score (nSPS) is 22.6. The molecule has 2 aliphatic carbocycles. The predicted molar refractivity (Wildman–Crippen MR) is 134 cm³/mol. The number of halogens is 1. The van der Waals surface area contributed by atoms with Gasteiger partial charge >= 0.3 is 0 Å². The van der Waals surface area contributed by atoms with Crippen LogP contribution in [0.2, 0.25) is 5.02 Å². The number of aromatic amines is 1. The Morgan fingerprint density at radius 1 is 1.06 bits per heavy atom. The molecule has 0 saturated heterocycles. The van der Waals surface area contributed by atoms with Crippen molar-refractivity contribution in [3.63, 3.8) is 0 Å². The van der Waals surface area contributed by atoms with Crippen LogP contribution in [0.5, 0.6) is 6.01 Å². The number of benzene rings is 1. The van der Waals surface area contributed by atoms with Crippen molar-refractivity contribution < 1.29 is 14.3 Å². The monoisotopic (exact) mass is 494 g/mol. The van der Waals surface area contributed by atoms with Gasteiger partial charge in [0.05, 0.1) is 22.3 Å². The van der Waals surface area contributed by atoms with E-state index in [0.29, 0.717) is 41.3 Å². The maximum absolute atomic E-state index is 11.5. The van der Waals surface area contributed by atoms with Crippen molar-refractivity contribution in [2.45, 2.75) is 57.2 Å². The lowest BCUT2D eigenvalue weighted by atomic mass is 9.86. The number of fused-ring (bicyclic) bond motifs is 1. The zero-order valence-corrected chi connectivity index (χ0v) is 20.3. The van der Waals surface area contributed by atoms with E-state index in [-0.39, 0.29) is 12.0 Å². The van der Waals surface area contributed by atoms with Gasteiger partial charge in [0.2, 0.25) is 0 Å². The van der Waals surface area contributed by atoms with Crippen molar-refractivity contribution in [1.29, 1.82) is 0 Å². The van der Waals surface area contributed by atoms with Crippen LogP contribution in [0.4, 0.5) is 0 Å². The van der Waals surface area contributed by atoms with Crippen LogP contribution >= 0.6 is 11.6 Å². The first-order chi connectivity index (χ1) is 17.0. The van der Waals surface area contributed by atoms with Crippen molar-refractivity contribution in [3.05, 3.63) is 51.9 Å². The van der Waals surface area contributed by atoms with E-state index < -0.39 is 5.91 Å². The lowest BCUT2D eigenvalue weighted by Gasteiger charge is -2.27. The van der Waals surface area contributed by atoms with Crippen LogP contribution in [0.15, 0.2) is 41.6 Å². The Bertz CT molecular complexity index is 1260. The van der Waals surface area contributed by atoms with Crippen LogP contribution in [0.3, 0.4) is 0 Å². The summed E-state index contributed by atoms with van der Waals surface area (Å²) in [5, 5.41) is 3.09. The average Bonchev–Trinajstić information content (AvgIpc) is 3.29. The van der Waals surface area contributed by atoms with Crippen LogP contribution in [-0.2, 0) is 9.53 Å². The van der Waals surface area contributed by atoms with E-state index in [1.807, 2.05) is 36.4 Å². The molecule has 2 heterocycles. The van der Waals surface area contributed by atoms with Crippen LogP contribution in [0, 0.1) is 10.8 Å². The number of H-pyrrole nitrogens is 1. The molecule has 3 aromatic rings. The highest BCUT2D eigenvalue weighted by Gasteiger charge is 2.24. The number of aromatic nitrogens is 3. The number of imidazole rings is 1. The molecule has 35 heavy (non-hydrogen) atoms. The van der Waals surface area contributed by atoms with E-state index in [2.05, 4.69) is 15.1 Å². The zero-order valence-electron chi connectivity index (χ0n) is 19.5. The first-order valence-corrected chi connectivity index (χ1v) is 12.3. The molecule has 1 saturated carbocycles. The Morgan fingerprint density at radius 3 is 2.43 bits per heavy atom. The first-order valence-electron chi connectivity index (χ1n) is 12.0. The predicted octanol–water partition coefficient (Wildman–Crippen LogP) is 6.09. The maximum Gasteiger partial charge on any atom is 0.296 e. The second-order valence-corrected chi connectivity index (χ2v) is 9.60. The molecule has 0 radical (unpaired) electrons. The number of ether oxygens (including phenoxy) is 2. The van der Waals surface area contributed by atoms with Crippen molar-refractivity contribution in [2.75, 3.05) is 7.11 Å². The lowest BCUT2D eigenvalue weighted by molar-refractivity contribution is -0.121.